The maximum absolute atomic E-state index is 8.78. The van der Waals surface area contributed by atoms with Crippen molar-refractivity contribution in [2.45, 2.75) is 38.7 Å². The van der Waals surface area contributed by atoms with Crippen molar-refractivity contribution in [3.63, 3.8) is 0 Å². The third-order valence-corrected chi connectivity index (χ3v) is 2.90. The lowest BCUT2D eigenvalue weighted by molar-refractivity contribution is 0.192. The number of ether oxygens (including phenoxy) is 1. The van der Waals surface area contributed by atoms with E-state index in [2.05, 4.69) is 25.1 Å². The Kier molecular flexibility index (Phi) is 3.27. The predicted octanol–water partition coefficient (Wildman–Crippen LogP) is 2.33. The molecule has 0 saturated heterocycles. The summed E-state index contributed by atoms with van der Waals surface area (Å²) in [7, 11) is 0. The van der Waals surface area contributed by atoms with Gasteiger partial charge in [-0.15, -0.1) is 0 Å². The van der Waals surface area contributed by atoms with Crippen molar-refractivity contribution < 1.29 is 9.84 Å². The van der Waals surface area contributed by atoms with Gasteiger partial charge >= 0.3 is 0 Å². The third-order valence-electron chi connectivity index (χ3n) is 2.90. The highest BCUT2D eigenvalue weighted by atomic mass is 16.5. The summed E-state index contributed by atoms with van der Waals surface area (Å²) in [6.45, 7) is 2.38. The normalized spacial score (nSPS) is 19.5. The minimum atomic E-state index is 0.268. The van der Waals surface area contributed by atoms with Gasteiger partial charge in [0, 0.05) is 6.61 Å². The van der Waals surface area contributed by atoms with Crippen molar-refractivity contribution in [3.05, 3.63) is 29.3 Å². The van der Waals surface area contributed by atoms with E-state index >= 15 is 0 Å². The molecule has 2 rings (SSSR count). The van der Waals surface area contributed by atoms with Crippen molar-refractivity contribution >= 4 is 0 Å². The number of fused-ring (bicyclic) bond motifs is 1. The van der Waals surface area contributed by atoms with Crippen molar-refractivity contribution in [1.29, 1.82) is 0 Å². The molecule has 0 bridgehead atoms. The van der Waals surface area contributed by atoms with Gasteiger partial charge < -0.3 is 9.84 Å². The van der Waals surface area contributed by atoms with E-state index in [0.29, 0.717) is 6.10 Å². The van der Waals surface area contributed by atoms with Crippen LogP contribution in [0.4, 0.5) is 0 Å². The quantitative estimate of drug-likeness (QED) is 0.822. The first-order valence-corrected chi connectivity index (χ1v) is 5.69. The Morgan fingerprint density at radius 2 is 2.33 bits per heavy atom. The summed E-state index contributed by atoms with van der Waals surface area (Å²) in [6.07, 6.45) is 4.37. The zero-order valence-electron chi connectivity index (χ0n) is 9.20. The second-order valence-corrected chi connectivity index (χ2v) is 4.24. The molecule has 1 unspecified atom stereocenters. The molecule has 0 fully saturated rings. The molecule has 0 amide bonds. The van der Waals surface area contributed by atoms with Gasteiger partial charge in [-0.05, 0) is 49.8 Å². The van der Waals surface area contributed by atoms with E-state index in [1.807, 2.05) is 0 Å². The van der Waals surface area contributed by atoms with Crippen LogP contribution in [0.5, 0.6) is 5.75 Å². The van der Waals surface area contributed by atoms with Gasteiger partial charge in [0.05, 0.1) is 6.10 Å². The average Bonchev–Trinajstić information content (AvgIpc) is 2.26. The van der Waals surface area contributed by atoms with Crippen LogP contribution in [0, 0.1) is 0 Å². The first kappa shape index (κ1) is 10.5. The van der Waals surface area contributed by atoms with Crippen LogP contribution >= 0.6 is 0 Å². The second-order valence-electron chi connectivity index (χ2n) is 4.24. The monoisotopic (exact) mass is 206 g/mol. The van der Waals surface area contributed by atoms with Crippen LogP contribution in [0.25, 0.3) is 0 Å². The van der Waals surface area contributed by atoms with Crippen LogP contribution in [-0.2, 0) is 12.8 Å². The van der Waals surface area contributed by atoms with Crippen LogP contribution in [0.3, 0.4) is 0 Å². The van der Waals surface area contributed by atoms with Crippen molar-refractivity contribution in [3.8, 4) is 5.75 Å². The van der Waals surface area contributed by atoms with Crippen molar-refractivity contribution in [2.24, 2.45) is 0 Å². The fourth-order valence-corrected chi connectivity index (χ4v) is 2.02. The average molecular weight is 206 g/mol. The number of hydrogen-bond acceptors (Lipinski definition) is 2. The molecule has 1 aliphatic heterocycles. The minimum absolute atomic E-state index is 0.268. The smallest absolute Gasteiger partial charge is 0.122 e. The summed E-state index contributed by atoms with van der Waals surface area (Å²) in [5, 5.41) is 8.78. The largest absolute Gasteiger partial charge is 0.490 e. The Morgan fingerprint density at radius 1 is 1.47 bits per heavy atom. The lowest BCUT2D eigenvalue weighted by Crippen LogP contribution is -2.18. The summed E-state index contributed by atoms with van der Waals surface area (Å²) in [6, 6.07) is 6.39. The fraction of sp³-hybridized carbons (Fsp3) is 0.538. The van der Waals surface area contributed by atoms with Crippen LogP contribution in [0.1, 0.15) is 30.9 Å². The Hall–Kier alpha value is -1.02. The molecule has 1 aromatic carbocycles. The van der Waals surface area contributed by atoms with Crippen molar-refractivity contribution in [2.75, 3.05) is 6.61 Å². The number of aliphatic hydroxyl groups is 1. The Labute approximate surface area is 90.9 Å². The number of rotatable bonds is 3. The van der Waals surface area contributed by atoms with Gasteiger partial charge in [0.15, 0.2) is 0 Å². The molecule has 0 spiro atoms. The molecule has 1 aliphatic rings. The molecule has 0 radical (unpaired) electrons. The van der Waals surface area contributed by atoms with Crippen LogP contribution in [-0.4, -0.2) is 17.8 Å². The highest BCUT2D eigenvalue weighted by Crippen LogP contribution is 2.28. The summed E-state index contributed by atoms with van der Waals surface area (Å²) < 4.78 is 5.74. The molecule has 0 aromatic heterocycles. The zero-order valence-corrected chi connectivity index (χ0v) is 9.20. The van der Waals surface area contributed by atoms with E-state index in [1.165, 1.54) is 11.1 Å². The first-order valence-electron chi connectivity index (χ1n) is 5.69. The highest BCUT2D eigenvalue weighted by Gasteiger charge is 2.15. The molecule has 2 nitrogen and oxygen atoms in total. The lowest BCUT2D eigenvalue weighted by atomic mass is 9.99. The van der Waals surface area contributed by atoms with E-state index in [4.69, 9.17) is 9.84 Å². The molecule has 1 N–H and O–H groups in total. The number of benzene rings is 1. The van der Waals surface area contributed by atoms with E-state index in [0.717, 1.165) is 31.4 Å². The predicted molar refractivity (Wildman–Crippen MR) is 60.3 cm³/mol. The topological polar surface area (TPSA) is 29.5 Å². The summed E-state index contributed by atoms with van der Waals surface area (Å²) in [5.41, 5.74) is 2.63. The summed E-state index contributed by atoms with van der Waals surface area (Å²) >= 11 is 0. The van der Waals surface area contributed by atoms with Gasteiger partial charge in [-0.3, -0.25) is 0 Å². The SMILES string of the molecule is CC1CCc2cc(CCCO)ccc2O1. The number of aryl methyl sites for hydroxylation is 2. The highest BCUT2D eigenvalue weighted by molar-refractivity contribution is 5.38. The van der Waals surface area contributed by atoms with Gasteiger partial charge in [0.2, 0.25) is 0 Å². The fourth-order valence-electron chi connectivity index (χ4n) is 2.02. The van der Waals surface area contributed by atoms with E-state index in [-0.39, 0.29) is 6.61 Å². The maximum Gasteiger partial charge on any atom is 0.122 e. The van der Waals surface area contributed by atoms with Gasteiger partial charge in [0.25, 0.3) is 0 Å². The molecule has 15 heavy (non-hydrogen) atoms. The van der Waals surface area contributed by atoms with E-state index < -0.39 is 0 Å². The van der Waals surface area contributed by atoms with E-state index in [9.17, 15) is 0 Å². The number of hydrogen-bond donors (Lipinski definition) is 1. The van der Waals surface area contributed by atoms with Gasteiger partial charge in [0.1, 0.15) is 5.75 Å². The molecule has 1 heterocycles. The molecule has 2 heteroatoms. The van der Waals surface area contributed by atoms with Gasteiger partial charge in [-0.25, -0.2) is 0 Å². The Balaban J connectivity index is 2.12. The lowest BCUT2D eigenvalue weighted by Gasteiger charge is -2.23. The van der Waals surface area contributed by atoms with Crippen LogP contribution in [0.2, 0.25) is 0 Å². The third kappa shape index (κ3) is 2.51. The molecular weight excluding hydrogens is 188 g/mol. The maximum atomic E-state index is 8.78. The zero-order chi connectivity index (χ0) is 10.7. The summed E-state index contributed by atoms with van der Waals surface area (Å²) in [5.74, 6) is 1.04. The molecule has 0 aliphatic carbocycles. The Bertz CT molecular complexity index is 333. The standard InChI is InChI=1S/C13H18O2/c1-10-4-6-12-9-11(3-2-8-14)5-7-13(12)15-10/h5,7,9-10,14H,2-4,6,8H2,1H3. The van der Waals surface area contributed by atoms with Crippen LogP contribution in [0.15, 0.2) is 18.2 Å². The van der Waals surface area contributed by atoms with Gasteiger partial charge in [-0.2, -0.15) is 0 Å². The molecule has 0 saturated carbocycles. The van der Waals surface area contributed by atoms with Gasteiger partial charge in [-0.1, -0.05) is 12.1 Å². The molecule has 1 atom stereocenters. The van der Waals surface area contributed by atoms with Crippen molar-refractivity contribution in [1.82, 2.24) is 0 Å². The molecule has 1 aromatic rings. The Morgan fingerprint density at radius 3 is 3.13 bits per heavy atom. The summed E-state index contributed by atoms with van der Waals surface area (Å²) in [4.78, 5) is 0. The molecular formula is C13H18O2. The second kappa shape index (κ2) is 4.67. The van der Waals surface area contributed by atoms with Crippen LogP contribution < -0.4 is 4.74 Å². The van der Waals surface area contributed by atoms with E-state index in [1.54, 1.807) is 0 Å². The minimum Gasteiger partial charge on any atom is -0.490 e. The first-order chi connectivity index (χ1) is 7.29. The number of aliphatic hydroxyl groups excluding tert-OH is 1. The molecule has 82 valence electrons.